The van der Waals surface area contributed by atoms with E-state index in [0.29, 0.717) is 0 Å². The zero-order valence-electron chi connectivity index (χ0n) is 17.7. The minimum Gasteiger partial charge on any atom is -0.459 e. The maximum atomic E-state index is 12.5. The number of ether oxygens (including phenoxy) is 2. The van der Waals surface area contributed by atoms with Gasteiger partial charge in [0.2, 0.25) is 0 Å². The Kier molecular flexibility index (Phi) is 6.52. The molecule has 6 heteroatoms. The SMILES string of the molecule is C[C@H](O)[C@H](NC(=O)OCC1c2ccccc2-c2ccccc21)C(=O)OCc1ccccc1. The third kappa shape index (κ3) is 4.65. The summed E-state index contributed by atoms with van der Waals surface area (Å²) >= 11 is 0. The maximum absolute atomic E-state index is 12.5. The lowest BCUT2D eigenvalue weighted by Crippen LogP contribution is -2.48. The molecule has 1 aliphatic carbocycles. The smallest absolute Gasteiger partial charge is 0.407 e. The van der Waals surface area contributed by atoms with Gasteiger partial charge in [0.05, 0.1) is 6.10 Å². The molecule has 0 fully saturated rings. The first-order valence-corrected chi connectivity index (χ1v) is 10.5. The Morgan fingerprint density at radius 3 is 2.03 bits per heavy atom. The number of fused-ring (bicyclic) bond motifs is 3. The number of hydrogen-bond donors (Lipinski definition) is 2. The fraction of sp³-hybridized carbons (Fsp3) is 0.231. The summed E-state index contributed by atoms with van der Waals surface area (Å²) in [6, 6.07) is 24.0. The number of rotatable bonds is 7. The maximum Gasteiger partial charge on any atom is 0.407 e. The topological polar surface area (TPSA) is 84.9 Å². The monoisotopic (exact) mass is 431 g/mol. The molecule has 4 rings (SSSR count). The van der Waals surface area contributed by atoms with Crippen LogP contribution in [0.25, 0.3) is 11.1 Å². The van der Waals surface area contributed by atoms with E-state index in [-0.39, 0.29) is 19.1 Å². The molecule has 0 heterocycles. The number of carbonyl (C=O) groups excluding carboxylic acids is 2. The normalized spacial score (nSPS) is 14.1. The van der Waals surface area contributed by atoms with Gasteiger partial charge in [-0.3, -0.25) is 0 Å². The number of esters is 1. The van der Waals surface area contributed by atoms with E-state index in [1.54, 1.807) is 0 Å². The van der Waals surface area contributed by atoms with Crippen LogP contribution < -0.4 is 5.32 Å². The molecule has 2 N–H and O–H groups in total. The van der Waals surface area contributed by atoms with Gasteiger partial charge >= 0.3 is 12.1 Å². The first-order chi connectivity index (χ1) is 15.5. The van der Waals surface area contributed by atoms with E-state index in [1.165, 1.54) is 6.92 Å². The summed E-state index contributed by atoms with van der Waals surface area (Å²) < 4.78 is 10.7. The number of amides is 1. The molecule has 6 nitrogen and oxygen atoms in total. The zero-order valence-corrected chi connectivity index (χ0v) is 17.7. The van der Waals surface area contributed by atoms with E-state index in [0.717, 1.165) is 27.8 Å². The van der Waals surface area contributed by atoms with Gasteiger partial charge in [-0.05, 0) is 34.7 Å². The molecule has 0 aliphatic heterocycles. The molecule has 1 amide bonds. The van der Waals surface area contributed by atoms with Gasteiger partial charge in [0.1, 0.15) is 13.2 Å². The van der Waals surface area contributed by atoms with Gasteiger partial charge in [0.15, 0.2) is 6.04 Å². The van der Waals surface area contributed by atoms with Crippen LogP contribution >= 0.6 is 0 Å². The van der Waals surface area contributed by atoms with Gasteiger partial charge < -0.3 is 19.9 Å². The second-order valence-electron chi connectivity index (χ2n) is 7.78. The van der Waals surface area contributed by atoms with Crippen molar-refractivity contribution in [1.82, 2.24) is 5.32 Å². The average Bonchev–Trinajstić information content (AvgIpc) is 3.14. The van der Waals surface area contributed by atoms with E-state index in [1.807, 2.05) is 66.7 Å². The quantitative estimate of drug-likeness (QED) is 0.552. The zero-order chi connectivity index (χ0) is 22.5. The van der Waals surface area contributed by atoms with Crippen LogP contribution in [-0.2, 0) is 20.9 Å². The van der Waals surface area contributed by atoms with Gasteiger partial charge in [-0.25, -0.2) is 9.59 Å². The summed E-state index contributed by atoms with van der Waals surface area (Å²) in [6.45, 7) is 1.58. The van der Waals surface area contributed by atoms with Crippen LogP contribution in [0.1, 0.15) is 29.5 Å². The van der Waals surface area contributed by atoms with E-state index < -0.39 is 24.2 Å². The third-order valence-corrected chi connectivity index (χ3v) is 5.58. The average molecular weight is 431 g/mol. The highest BCUT2D eigenvalue weighted by molar-refractivity contribution is 5.82. The fourth-order valence-electron chi connectivity index (χ4n) is 3.96. The summed E-state index contributed by atoms with van der Waals surface area (Å²) in [4.78, 5) is 24.9. The van der Waals surface area contributed by atoms with Crippen LogP contribution in [0.2, 0.25) is 0 Å². The highest BCUT2D eigenvalue weighted by atomic mass is 16.6. The van der Waals surface area contributed by atoms with Crippen LogP contribution in [0.15, 0.2) is 78.9 Å². The lowest BCUT2D eigenvalue weighted by molar-refractivity contribution is -0.150. The largest absolute Gasteiger partial charge is 0.459 e. The van der Waals surface area contributed by atoms with Crippen LogP contribution in [0, 0.1) is 0 Å². The molecule has 32 heavy (non-hydrogen) atoms. The van der Waals surface area contributed by atoms with Crippen molar-refractivity contribution < 1.29 is 24.2 Å². The number of aliphatic hydroxyl groups excluding tert-OH is 1. The number of carbonyl (C=O) groups is 2. The molecule has 0 saturated carbocycles. The molecule has 164 valence electrons. The molecule has 0 aromatic heterocycles. The highest BCUT2D eigenvalue weighted by Gasteiger charge is 2.31. The second-order valence-corrected chi connectivity index (χ2v) is 7.78. The van der Waals surface area contributed by atoms with E-state index >= 15 is 0 Å². The van der Waals surface area contributed by atoms with Crippen LogP contribution in [-0.4, -0.2) is 35.9 Å². The summed E-state index contributed by atoms with van der Waals surface area (Å²) in [5.41, 5.74) is 5.25. The number of hydrogen-bond acceptors (Lipinski definition) is 5. The molecule has 0 spiro atoms. The Morgan fingerprint density at radius 1 is 0.875 bits per heavy atom. The van der Waals surface area contributed by atoms with E-state index in [9.17, 15) is 14.7 Å². The Labute approximate surface area is 186 Å². The molecule has 0 radical (unpaired) electrons. The van der Waals surface area contributed by atoms with Crippen molar-refractivity contribution >= 4 is 12.1 Å². The minimum atomic E-state index is -1.23. The molecular weight excluding hydrogens is 406 g/mol. The Balaban J connectivity index is 1.37. The predicted molar refractivity (Wildman–Crippen MR) is 120 cm³/mol. The molecule has 0 unspecified atom stereocenters. The number of benzene rings is 3. The predicted octanol–water partition coefficient (Wildman–Crippen LogP) is 4.02. The lowest BCUT2D eigenvalue weighted by Gasteiger charge is -2.21. The molecule has 1 aliphatic rings. The summed E-state index contributed by atoms with van der Waals surface area (Å²) in [7, 11) is 0. The van der Waals surface area contributed by atoms with Crippen molar-refractivity contribution in [3.8, 4) is 11.1 Å². The minimum absolute atomic E-state index is 0.0509. The standard InChI is InChI=1S/C26H25NO5/c1-17(28)24(25(29)31-15-18-9-3-2-4-10-18)27-26(30)32-16-23-21-13-7-5-11-19(21)20-12-6-8-14-22(20)23/h2-14,17,23-24,28H,15-16H2,1H3,(H,27,30)/t17-,24-/m0/s1. The fourth-order valence-corrected chi connectivity index (χ4v) is 3.96. The number of nitrogens with one attached hydrogen (secondary N) is 1. The first kappa shape index (κ1) is 21.6. The van der Waals surface area contributed by atoms with Crippen molar-refractivity contribution in [2.24, 2.45) is 0 Å². The molecule has 2 atom stereocenters. The van der Waals surface area contributed by atoms with Gasteiger partial charge in [-0.15, -0.1) is 0 Å². The molecular formula is C26H25NO5. The van der Waals surface area contributed by atoms with E-state index in [2.05, 4.69) is 17.4 Å². The van der Waals surface area contributed by atoms with E-state index in [4.69, 9.17) is 9.47 Å². The molecule has 3 aromatic carbocycles. The molecule has 3 aromatic rings. The summed E-state index contributed by atoms with van der Waals surface area (Å²) in [5, 5.41) is 12.4. The van der Waals surface area contributed by atoms with Crippen molar-refractivity contribution in [1.29, 1.82) is 0 Å². The lowest BCUT2D eigenvalue weighted by atomic mass is 9.98. The van der Waals surface area contributed by atoms with Gasteiger partial charge in [-0.2, -0.15) is 0 Å². The first-order valence-electron chi connectivity index (χ1n) is 10.5. The third-order valence-electron chi connectivity index (χ3n) is 5.58. The van der Waals surface area contributed by atoms with Gasteiger partial charge in [0, 0.05) is 5.92 Å². The van der Waals surface area contributed by atoms with Crippen molar-refractivity contribution in [3.63, 3.8) is 0 Å². The van der Waals surface area contributed by atoms with Crippen molar-refractivity contribution in [2.45, 2.75) is 31.6 Å². The second kappa shape index (κ2) is 9.66. The summed E-state index contributed by atoms with van der Waals surface area (Å²) in [6.07, 6.45) is -1.92. The Hall–Kier alpha value is -3.64. The van der Waals surface area contributed by atoms with Crippen molar-refractivity contribution in [3.05, 3.63) is 95.6 Å². The Morgan fingerprint density at radius 2 is 1.44 bits per heavy atom. The molecule has 0 saturated heterocycles. The number of aliphatic hydroxyl groups is 1. The van der Waals surface area contributed by atoms with Crippen LogP contribution in [0.4, 0.5) is 4.79 Å². The van der Waals surface area contributed by atoms with Crippen molar-refractivity contribution in [2.75, 3.05) is 6.61 Å². The van der Waals surface area contributed by atoms with Gasteiger partial charge in [0.25, 0.3) is 0 Å². The highest BCUT2D eigenvalue weighted by Crippen LogP contribution is 2.44. The number of alkyl carbamates (subject to hydrolysis) is 1. The summed E-state index contributed by atoms with van der Waals surface area (Å²) in [5.74, 6) is -0.819. The van der Waals surface area contributed by atoms with Gasteiger partial charge in [-0.1, -0.05) is 78.9 Å². The molecule has 0 bridgehead atoms. The van der Waals surface area contributed by atoms with Crippen LogP contribution in [0.5, 0.6) is 0 Å². The van der Waals surface area contributed by atoms with Crippen LogP contribution in [0.3, 0.4) is 0 Å². The Bertz CT molecular complexity index is 1050.